The molecule has 2 saturated heterocycles. The number of piperidine rings is 1. The van der Waals surface area contributed by atoms with E-state index < -0.39 is 15.9 Å². The van der Waals surface area contributed by atoms with E-state index in [4.69, 9.17) is 10.5 Å². The number of hydrogen-bond donors (Lipinski definition) is 3. The van der Waals surface area contributed by atoms with Crippen LogP contribution in [0, 0.1) is 0 Å². The van der Waals surface area contributed by atoms with Crippen LogP contribution in [0.5, 0.6) is 0 Å². The molecule has 1 aromatic heterocycles. The molecule has 4 N–H and O–H groups in total. The van der Waals surface area contributed by atoms with Gasteiger partial charge >= 0.3 is 0 Å². The SMILES string of the molecule is NC(=O)c1cc(-c2ccccc2)cc2c(C3CCN(S(=O)(=O)CCOC[C@@H]4CCC(=O)N4)CC3)c[nH]c12. The van der Waals surface area contributed by atoms with Crippen LogP contribution in [0.25, 0.3) is 22.0 Å². The van der Waals surface area contributed by atoms with Gasteiger partial charge in [0.1, 0.15) is 0 Å². The summed E-state index contributed by atoms with van der Waals surface area (Å²) in [5, 5.41) is 3.76. The second-order valence-electron chi connectivity index (χ2n) is 9.79. The summed E-state index contributed by atoms with van der Waals surface area (Å²) in [5.41, 5.74) is 9.86. The maximum atomic E-state index is 12.9. The zero-order chi connectivity index (χ0) is 26.0. The number of rotatable bonds is 9. The van der Waals surface area contributed by atoms with E-state index in [0.29, 0.717) is 50.0 Å². The van der Waals surface area contributed by atoms with Crippen molar-refractivity contribution in [3.63, 3.8) is 0 Å². The summed E-state index contributed by atoms with van der Waals surface area (Å²) in [6.45, 7) is 1.30. The molecule has 0 bridgehead atoms. The highest BCUT2D eigenvalue weighted by Gasteiger charge is 2.30. The van der Waals surface area contributed by atoms with Crippen molar-refractivity contribution in [2.75, 3.05) is 32.1 Å². The van der Waals surface area contributed by atoms with E-state index >= 15 is 0 Å². The number of nitrogens with zero attached hydrogens (tertiary/aromatic N) is 1. The number of benzene rings is 2. The van der Waals surface area contributed by atoms with Crippen LogP contribution in [-0.4, -0.2) is 67.6 Å². The fourth-order valence-corrected chi connectivity index (χ4v) is 6.70. The lowest BCUT2D eigenvalue weighted by Crippen LogP contribution is -2.40. The number of H-pyrrole nitrogens is 1. The number of sulfonamides is 1. The number of carbonyl (C=O) groups excluding carboxylic acids is 2. The van der Waals surface area contributed by atoms with Gasteiger partial charge in [-0.25, -0.2) is 12.7 Å². The van der Waals surface area contributed by atoms with Gasteiger partial charge in [-0.3, -0.25) is 9.59 Å². The van der Waals surface area contributed by atoms with Crippen molar-refractivity contribution in [1.29, 1.82) is 0 Å². The summed E-state index contributed by atoms with van der Waals surface area (Å²) in [6, 6.07) is 13.7. The van der Waals surface area contributed by atoms with Crippen LogP contribution in [0.1, 0.15) is 47.5 Å². The fourth-order valence-electron chi connectivity index (χ4n) is 5.35. The number of amides is 2. The Kier molecular flexibility index (Phi) is 7.32. The summed E-state index contributed by atoms with van der Waals surface area (Å²) in [4.78, 5) is 26.7. The van der Waals surface area contributed by atoms with Crippen molar-refractivity contribution in [2.45, 2.75) is 37.6 Å². The van der Waals surface area contributed by atoms with Crippen LogP contribution >= 0.6 is 0 Å². The van der Waals surface area contributed by atoms with Crippen molar-refractivity contribution in [3.8, 4) is 11.1 Å². The van der Waals surface area contributed by atoms with E-state index in [0.717, 1.165) is 28.5 Å². The number of primary amides is 1. The summed E-state index contributed by atoms with van der Waals surface area (Å²) >= 11 is 0. The number of hydrogen-bond acceptors (Lipinski definition) is 5. The largest absolute Gasteiger partial charge is 0.378 e. The molecule has 9 nitrogen and oxygen atoms in total. The third kappa shape index (κ3) is 5.56. The van der Waals surface area contributed by atoms with Crippen molar-refractivity contribution in [2.24, 2.45) is 5.73 Å². The van der Waals surface area contributed by atoms with Gasteiger partial charge in [0, 0.05) is 31.1 Å². The first-order valence-electron chi connectivity index (χ1n) is 12.7. The van der Waals surface area contributed by atoms with E-state index in [9.17, 15) is 18.0 Å². The minimum Gasteiger partial charge on any atom is -0.378 e. The van der Waals surface area contributed by atoms with Gasteiger partial charge in [-0.1, -0.05) is 30.3 Å². The van der Waals surface area contributed by atoms with E-state index in [-0.39, 0.29) is 30.2 Å². The van der Waals surface area contributed by atoms with Crippen LogP contribution in [-0.2, 0) is 19.6 Å². The Labute approximate surface area is 216 Å². The van der Waals surface area contributed by atoms with Crippen LogP contribution in [0.4, 0.5) is 0 Å². The zero-order valence-electron chi connectivity index (χ0n) is 20.6. The van der Waals surface area contributed by atoms with Crippen LogP contribution < -0.4 is 11.1 Å². The Morgan fingerprint density at radius 3 is 2.51 bits per heavy atom. The first-order valence-corrected chi connectivity index (χ1v) is 14.3. The quantitative estimate of drug-likeness (QED) is 0.370. The van der Waals surface area contributed by atoms with Gasteiger partial charge in [0.05, 0.1) is 36.1 Å². The normalized spacial score (nSPS) is 19.4. The van der Waals surface area contributed by atoms with E-state index in [1.807, 2.05) is 42.6 Å². The topological polar surface area (TPSA) is 135 Å². The molecule has 3 heterocycles. The minimum atomic E-state index is -3.43. The predicted molar refractivity (Wildman–Crippen MR) is 142 cm³/mol. The number of ether oxygens (including phenoxy) is 1. The Balaban J connectivity index is 1.25. The molecule has 2 aliphatic rings. The minimum absolute atomic E-state index is 0.0152. The lowest BCUT2D eigenvalue weighted by molar-refractivity contribution is -0.119. The molecule has 196 valence electrons. The van der Waals surface area contributed by atoms with Crippen molar-refractivity contribution in [1.82, 2.24) is 14.6 Å². The van der Waals surface area contributed by atoms with E-state index in [2.05, 4.69) is 16.4 Å². The predicted octanol–water partition coefficient (Wildman–Crippen LogP) is 2.74. The van der Waals surface area contributed by atoms with Crippen molar-refractivity contribution in [3.05, 3.63) is 59.8 Å². The lowest BCUT2D eigenvalue weighted by Gasteiger charge is -2.31. The van der Waals surface area contributed by atoms with Gasteiger partial charge in [-0.05, 0) is 54.0 Å². The number of nitrogens with one attached hydrogen (secondary N) is 2. The highest BCUT2D eigenvalue weighted by Crippen LogP contribution is 2.37. The first-order chi connectivity index (χ1) is 17.8. The molecule has 2 fully saturated rings. The Hall–Kier alpha value is -3.21. The second-order valence-corrected chi connectivity index (χ2v) is 11.9. The molecule has 2 aromatic carbocycles. The Morgan fingerprint density at radius 1 is 1.08 bits per heavy atom. The van der Waals surface area contributed by atoms with Gasteiger partial charge in [0.25, 0.3) is 5.91 Å². The van der Waals surface area contributed by atoms with Crippen LogP contribution in [0.2, 0.25) is 0 Å². The molecule has 10 heteroatoms. The third-order valence-corrected chi connectivity index (χ3v) is 9.21. The fraction of sp³-hybridized carbons (Fsp3) is 0.407. The van der Waals surface area contributed by atoms with Gasteiger partial charge in [0.2, 0.25) is 15.9 Å². The number of nitrogens with two attached hydrogens (primary N) is 1. The molecule has 37 heavy (non-hydrogen) atoms. The van der Waals surface area contributed by atoms with Gasteiger partial charge in [0.15, 0.2) is 0 Å². The van der Waals surface area contributed by atoms with E-state index in [1.165, 1.54) is 0 Å². The molecule has 0 unspecified atom stereocenters. The monoisotopic (exact) mass is 524 g/mol. The van der Waals surface area contributed by atoms with Crippen LogP contribution in [0.3, 0.4) is 0 Å². The summed E-state index contributed by atoms with van der Waals surface area (Å²) < 4.78 is 32.8. The van der Waals surface area contributed by atoms with E-state index in [1.54, 1.807) is 4.31 Å². The zero-order valence-corrected chi connectivity index (χ0v) is 21.4. The molecule has 1 atom stereocenters. The summed E-state index contributed by atoms with van der Waals surface area (Å²) in [7, 11) is -3.43. The maximum Gasteiger partial charge on any atom is 0.250 e. The molecule has 0 spiro atoms. The van der Waals surface area contributed by atoms with Gasteiger partial charge in [-0.2, -0.15) is 0 Å². The Bertz CT molecular complexity index is 1390. The van der Waals surface area contributed by atoms with Gasteiger partial charge in [-0.15, -0.1) is 0 Å². The highest BCUT2D eigenvalue weighted by molar-refractivity contribution is 7.89. The Morgan fingerprint density at radius 2 is 1.84 bits per heavy atom. The molecular formula is C27H32N4O5S. The summed E-state index contributed by atoms with van der Waals surface area (Å²) in [6.07, 6.45) is 4.51. The van der Waals surface area contributed by atoms with Gasteiger partial charge < -0.3 is 20.8 Å². The molecule has 5 rings (SSSR count). The third-order valence-electron chi connectivity index (χ3n) is 7.37. The number of aromatic nitrogens is 1. The number of aromatic amines is 1. The second kappa shape index (κ2) is 10.6. The average molecular weight is 525 g/mol. The lowest BCUT2D eigenvalue weighted by atomic mass is 9.88. The van der Waals surface area contributed by atoms with Crippen molar-refractivity contribution < 1.29 is 22.7 Å². The standard InChI is InChI=1S/C27H32N4O5S/c28-27(33)23-15-20(18-4-2-1-3-5-18)14-22-24(16-29-26(22)23)19-8-10-31(11-9-19)37(34,35)13-12-36-17-21-6-7-25(32)30-21/h1-5,14-16,19,21,29H,6-13,17H2,(H2,28,33)(H,30,32)/t21-/m0/s1. The molecule has 0 radical (unpaired) electrons. The highest BCUT2D eigenvalue weighted by atomic mass is 32.2. The molecule has 2 aliphatic heterocycles. The molecule has 3 aromatic rings. The summed E-state index contributed by atoms with van der Waals surface area (Å²) in [5.74, 6) is -0.390. The molecular weight excluding hydrogens is 492 g/mol. The number of carbonyl (C=O) groups is 2. The molecule has 2 amide bonds. The van der Waals surface area contributed by atoms with Crippen LogP contribution in [0.15, 0.2) is 48.7 Å². The first kappa shape index (κ1) is 25.4. The molecule has 0 aliphatic carbocycles. The smallest absolute Gasteiger partial charge is 0.250 e. The van der Waals surface area contributed by atoms with Crippen molar-refractivity contribution >= 4 is 32.7 Å². The maximum absolute atomic E-state index is 12.9. The molecule has 0 saturated carbocycles. The number of fused-ring (bicyclic) bond motifs is 1. The average Bonchev–Trinajstić information content (AvgIpc) is 3.52.